The van der Waals surface area contributed by atoms with E-state index >= 15 is 0 Å². The van der Waals surface area contributed by atoms with Crippen molar-refractivity contribution in [1.82, 2.24) is 0 Å². The highest BCUT2D eigenvalue weighted by molar-refractivity contribution is 5.76. The Balaban J connectivity index is 1.13. The molecule has 1 heteroatoms. The van der Waals surface area contributed by atoms with E-state index < -0.39 is 0 Å². The minimum atomic E-state index is 0.244. The van der Waals surface area contributed by atoms with E-state index in [4.69, 9.17) is 4.42 Å². The van der Waals surface area contributed by atoms with Gasteiger partial charge in [-0.05, 0) is 69.9 Å². The summed E-state index contributed by atoms with van der Waals surface area (Å²) < 4.78 is 6.49. The smallest absolute Gasteiger partial charge is 0.130 e. The van der Waals surface area contributed by atoms with Crippen molar-refractivity contribution in [2.45, 2.75) is 31.6 Å². The summed E-state index contributed by atoms with van der Waals surface area (Å²) in [5.74, 6) is 3.07. The van der Waals surface area contributed by atoms with Crippen LogP contribution in [0.1, 0.15) is 70.1 Å². The molecule has 3 atom stereocenters. The number of benzene rings is 3. The van der Waals surface area contributed by atoms with Gasteiger partial charge in [0.25, 0.3) is 0 Å². The van der Waals surface area contributed by atoms with Crippen molar-refractivity contribution < 1.29 is 4.42 Å². The maximum absolute atomic E-state index is 6.49. The van der Waals surface area contributed by atoms with E-state index in [0.717, 1.165) is 24.4 Å². The monoisotopic (exact) mass is 530 g/mol. The van der Waals surface area contributed by atoms with Crippen LogP contribution in [-0.2, 0) is 6.42 Å². The molecule has 0 fully saturated rings. The molecule has 0 spiro atoms. The number of hydrogen-bond donors (Lipinski definition) is 0. The molecule has 1 nitrogen and oxygen atoms in total. The Morgan fingerprint density at radius 3 is 2.56 bits per heavy atom. The van der Waals surface area contributed by atoms with E-state index in [0.29, 0.717) is 11.8 Å². The Bertz CT molecular complexity index is 1750. The van der Waals surface area contributed by atoms with Gasteiger partial charge in [0.1, 0.15) is 11.5 Å². The molecule has 41 heavy (non-hydrogen) atoms. The lowest BCUT2D eigenvalue weighted by Gasteiger charge is -2.30. The molecule has 4 aromatic rings. The third-order valence-electron chi connectivity index (χ3n) is 8.75. The van der Waals surface area contributed by atoms with Gasteiger partial charge in [-0.2, -0.15) is 0 Å². The van der Waals surface area contributed by atoms with Crippen LogP contribution in [0.3, 0.4) is 0 Å². The van der Waals surface area contributed by atoms with Gasteiger partial charge in [0.05, 0.1) is 5.92 Å². The highest BCUT2D eigenvalue weighted by atomic mass is 16.3. The van der Waals surface area contributed by atoms with Crippen LogP contribution in [0.4, 0.5) is 0 Å². The van der Waals surface area contributed by atoms with Gasteiger partial charge in [-0.15, -0.1) is 0 Å². The van der Waals surface area contributed by atoms with Gasteiger partial charge in [0, 0.05) is 17.0 Å². The average Bonchev–Trinajstić information content (AvgIpc) is 3.42. The van der Waals surface area contributed by atoms with Gasteiger partial charge in [0.15, 0.2) is 0 Å². The van der Waals surface area contributed by atoms with Crippen molar-refractivity contribution in [3.63, 3.8) is 0 Å². The van der Waals surface area contributed by atoms with E-state index in [1.54, 1.807) is 0 Å². The first-order valence-corrected chi connectivity index (χ1v) is 14.7. The number of allylic oxidation sites excluding steroid dienone is 8. The topological polar surface area (TPSA) is 13.1 Å². The van der Waals surface area contributed by atoms with Crippen LogP contribution in [0.2, 0.25) is 0 Å². The molecule has 3 aromatic carbocycles. The Kier molecular flexibility index (Phi) is 6.65. The second-order valence-electron chi connectivity index (χ2n) is 11.3. The first-order chi connectivity index (χ1) is 20.2. The molecule has 0 amide bonds. The highest BCUT2D eigenvalue weighted by Crippen LogP contribution is 2.48. The SMILES string of the molecule is C=C/C=C(\C=C/C(C)c1ccc(-c2ccc3c(c2)C=CC2C=Cc4c(oc5c4CCC=C5)C32)cc1)c1ccccc1. The van der Waals surface area contributed by atoms with Crippen LogP contribution in [0, 0.1) is 5.92 Å². The van der Waals surface area contributed by atoms with E-state index in [1.807, 2.05) is 12.1 Å². The van der Waals surface area contributed by atoms with Crippen molar-refractivity contribution in [3.05, 3.63) is 167 Å². The quantitative estimate of drug-likeness (QED) is 0.226. The predicted octanol–water partition coefficient (Wildman–Crippen LogP) is 10.6. The summed E-state index contributed by atoms with van der Waals surface area (Å²) in [7, 11) is 0. The molecule has 0 saturated carbocycles. The fraction of sp³-hybridized carbons (Fsp3) is 0.150. The summed E-state index contributed by atoms with van der Waals surface area (Å²) >= 11 is 0. The van der Waals surface area contributed by atoms with Gasteiger partial charge in [0.2, 0.25) is 0 Å². The summed E-state index contributed by atoms with van der Waals surface area (Å²) in [5, 5.41) is 0. The highest BCUT2D eigenvalue weighted by Gasteiger charge is 2.35. The number of furan rings is 1. The van der Waals surface area contributed by atoms with Crippen LogP contribution in [0.5, 0.6) is 0 Å². The molecular weight excluding hydrogens is 496 g/mol. The van der Waals surface area contributed by atoms with Crippen LogP contribution in [0.25, 0.3) is 34.9 Å². The average molecular weight is 531 g/mol. The summed E-state index contributed by atoms with van der Waals surface area (Å²) in [5.41, 5.74) is 11.5. The third-order valence-corrected chi connectivity index (χ3v) is 8.75. The minimum absolute atomic E-state index is 0.244. The molecule has 0 radical (unpaired) electrons. The van der Waals surface area contributed by atoms with Gasteiger partial charge in [-0.3, -0.25) is 0 Å². The molecule has 3 aliphatic carbocycles. The van der Waals surface area contributed by atoms with Crippen LogP contribution in [0.15, 0.2) is 126 Å². The lowest BCUT2D eigenvalue weighted by atomic mass is 9.73. The molecule has 3 aliphatic rings. The second kappa shape index (κ2) is 10.7. The molecule has 3 unspecified atom stereocenters. The standard InChI is InChI=1S/C40H34O/c1-3-9-29(30-10-5-4-6-11-30)15-14-27(2)28-16-18-31(19-17-28)33-23-24-35-34(26-33)21-20-32-22-25-37-36-12-7-8-13-38(36)41-40(37)39(32)35/h3-6,8-11,13-27,32,39H,1,7,12H2,2H3/b15-14-,29-9+. The molecule has 0 N–H and O–H groups in total. The molecule has 1 aromatic heterocycles. The van der Waals surface area contributed by atoms with Gasteiger partial charge < -0.3 is 4.42 Å². The van der Waals surface area contributed by atoms with Crippen molar-refractivity contribution >= 4 is 23.8 Å². The first-order valence-electron chi connectivity index (χ1n) is 14.7. The van der Waals surface area contributed by atoms with E-state index in [1.165, 1.54) is 50.1 Å². The van der Waals surface area contributed by atoms with Crippen molar-refractivity contribution in [2.75, 3.05) is 0 Å². The summed E-state index contributed by atoms with van der Waals surface area (Å²) in [6.07, 6.45) is 24.2. The maximum Gasteiger partial charge on any atom is 0.130 e. The van der Waals surface area contributed by atoms with Crippen molar-refractivity contribution in [2.24, 2.45) is 5.92 Å². The predicted molar refractivity (Wildman–Crippen MR) is 174 cm³/mol. The van der Waals surface area contributed by atoms with Crippen LogP contribution >= 0.6 is 0 Å². The Morgan fingerprint density at radius 1 is 0.927 bits per heavy atom. The van der Waals surface area contributed by atoms with E-state index in [9.17, 15) is 0 Å². The molecular formula is C40H34O. The zero-order valence-corrected chi connectivity index (χ0v) is 23.5. The van der Waals surface area contributed by atoms with Crippen molar-refractivity contribution in [3.8, 4) is 11.1 Å². The summed E-state index contributed by atoms with van der Waals surface area (Å²) in [6.45, 7) is 6.14. The number of hydrogen-bond acceptors (Lipinski definition) is 1. The zero-order chi connectivity index (χ0) is 27.8. The molecule has 1 heterocycles. The molecule has 0 aliphatic heterocycles. The second-order valence-corrected chi connectivity index (χ2v) is 11.3. The van der Waals surface area contributed by atoms with Gasteiger partial charge >= 0.3 is 0 Å². The lowest BCUT2D eigenvalue weighted by molar-refractivity contribution is 0.451. The fourth-order valence-electron chi connectivity index (χ4n) is 6.50. The lowest BCUT2D eigenvalue weighted by Crippen LogP contribution is -2.18. The normalized spacial score (nSPS) is 19.4. The number of fused-ring (bicyclic) bond motifs is 7. The molecule has 200 valence electrons. The van der Waals surface area contributed by atoms with E-state index in [2.05, 4.69) is 135 Å². The summed E-state index contributed by atoms with van der Waals surface area (Å²) in [6, 6.07) is 26.4. The number of rotatable bonds is 6. The largest absolute Gasteiger partial charge is 0.460 e. The fourth-order valence-corrected chi connectivity index (χ4v) is 6.50. The van der Waals surface area contributed by atoms with E-state index in [-0.39, 0.29) is 5.92 Å². The Hall–Kier alpha value is -4.62. The van der Waals surface area contributed by atoms with Gasteiger partial charge in [-0.25, -0.2) is 0 Å². The Morgan fingerprint density at radius 2 is 1.73 bits per heavy atom. The van der Waals surface area contributed by atoms with Crippen molar-refractivity contribution in [1.29, 1.82) is 0 Å². The molecule has 0 saturated heterocycles. The molecule has 7 rings (SSSR count). The summed E-state index contributed by atoms with van der Waals surface area (Å²) in [4.78, 5) is 0. The maximum atomic E-state index is 6.49. The first kappa shape index (κ1) is 25.4. The zero-order valence-electron chi connectivity index (χ0n) is 23.5. The molecule has 0 bridgehead atoms. The Labute approximate surface area is 243 Å². The van der Waals surface area contributed by atoms with Crippen LogP contribution in [-0.4, -0.2) is 0 Å². The third kappa shape index (κ3) is 4.72. The van der Waals surface area contributed by atoms with Gasteiger partial charge in [-0.1, -0.05) is 135 Å². The minimum Gasteiger partial charge on any atom is -0.460 e. The van der Waals surface area contributed by atoms with Crippen LogP contribution < -0.4 is 0 Å².